The number of Topliss-reactive ketones (excluding diaryl/α,β-unsaturated/α-hetero) is 1. The number of hydrogen-bond acceptors (Lipinski definition) is 1. The molecule has 0 aliphatic carbocycles. The van der Waals surface area contributed by atoms with Gasteiger partial charge in [-0.15, -0.1) is 0 Å². The summed E-state index contributed by atoms with van der Waals surface area (Å²) in [5, 5.41) is 1.22. The maximum absolute atomic E-state index is 11.2. The molecule has 0 saturated heterocycles. The highest BCUT2D eigenvalue weighted by Crippen LogP contribution is 2.26. The van der Waals surface area contributed by atoms with Crippen molar-refractivity contribution in [2.24, 2.45) is 0 Å². The van der Waals surface area contributed by atoms with Crippen LogP contribution in [0.5, 0.6) is 0 Å². The summed E-state index contributed by atoms with van der Waals surface area (Å²) >= 11 is 0. The molecule has 0 aliphatic heterocycles. The summed E-state index contributed by atoms with van der Waals surface area (Å²) in [6.45, 7) is 1.64. The lowest BCUT2D eigenvalue weighted by Crippen LogP contribution is -1.92. The van der Waals surface area contributed by atoms with Crippen molar-refractivity contribution in [2.75, 3.05) is 0 Å². The van der Waals surface area contributed by atoms with Gasteiger partial charge in [0, 0.05) is 23.5 Å². The van der Waals surface area contributed by atoms with E-state index in [1.807, 2.05) is 24.4 Å². The topological polar surface area (TPSA) is 32.9 Å². The molecule has 0 bridgehead atoms. The second-order valence-electron chi connectivity index (χ2n) is 5.14. The van der Waals surface area contributed by atoms with Gasteiger partial charge in [-0.05, 0) is 42.2 Å². The van der Waals surface area contributed by atoms with Crippen molar-refractivity contribution < 1.29 is 4.79 Å². The molecular weight excluding hydrogens is 246 g/mol. The van der Waals surface area contributed by atoms with Crippen LogP contribution in [0, 0.1) is 0 Å². The molecule has 0 saturated carbocycles. The number of benzene rings is 2. The molecule has 0 radical (unpaired) electrons. The van der Waals surface area contributed by atoms with Crippen LogP contribution < -0.4 is 0 Å². The molecular formula is C18H17NO. The maximum atomic E-state index is 11.2. The molecule has 1 heterocycles. The minimum absolute atomic E-state index is 0.235. The molecule has 0 unspecified atom stereocenters. The Hall–Kier alpha value is -2.35. The van der Waals surface area contributed by atoms with Crippen LogP contribution in [0.4, 0.5) is 0 Å². The van der Waals surface area contributed by atoms with Gasteiger partial charge in [0.25, 0.3) is 0 Å². The van der Waals surface area contributed by atoms with Crippen LogP contribution in [0.1, 0.15) is 18.9 Å². The zero-order valence-corrected chi connectivity index (χ0v) is 11.5. The third kappa shape index (κ3) is 2.50. The number of aromatic amines is 1. The zero-order valence-electron chi connectivity index (χ0n) is 11.5. The summed E-state index contributed by atoms with van der Waals surface area (Å²) in [7, 11) is 0. The fourth-order valence-electron chi connectivity index (χ4n) is 2.51. The monoisotopic (exact) mass is 263 g/mol. The first-order valence-corrected chi connectivity index (χ1v) is 6.89. The molecule has 0 fully saturated rings. The van der Waals surface area contributed by atoms with Gasteiger partial charge in [-0.2, -0.15) is 0 Å². The first-order valence-electron chi connectivity index (χ1n) is 6.89. The van der Waals surface area contributed by atoms with Gasteiger partial charge in [0.1, 0.15) is 5.78 Å². The lowest BCUT2D eigenvalue weighted by atomic mass is 10.0. The lowest BCUT2D eigenvalue weighted by molar-refractivity contribution is -0.116. The first kappa shape index (κ1) is 12.7. The van der Waals surface area contributed by atoms with Gasteiger partial charge < -0.3 is 9.78 Å². The van der Waals surface area contributed by atoms with E-state index in [9.17, 15) is 4.79 Å². The highest BCUT2D eigenvalue weighted by molar-refractivity contribution is 5.88. The van der Waals surface area contributed by atoms with Crippen LogP contribution in [-0.4, -0.2) is 10.8 Å². The zero-order chi connectivity index (χ0) is 13.9. The van der Waals surface area contributed by atoms with E-state index in [1.54, 1.807) is 6.92 Å². The number of hydrogen-bond donors (Lipinski definition) is 1. The average Bonchev–Trinajstić information content (AvgIpc) is 2.88. The average molecular weight is 263 g/mol. The second kappa shape index (κ2) is 5.33. The van der Waals surface area contributed by atoms with Crippen molar-refractivity contribution in [1.29, 1.82) is 0 Å². The Morgan fingerprint density at radius 1 is 1.05 bits per heavy atom. The number of H-pyrrole nitrogens is 1. The summed E-state index contributed by atoms with van der Waals surface area (Å²) < 4.78 is 0. The van der Waals surface area contributed by atoms with E-state index in [0.717, 1.165) is 11.9 Å². The van der Waals surface area contributed by atoms with Gasteiger partial charge in [0.2, 0.25) is 0 Å². The number of rotatable bonds is 4. The molecule has 1 aromatic heterocycles. The van der Waals surface area contributed by atoms with Crippen LogP contribution >= 0.6 is 0 Å². The van der Waals surface area contributed by atoms with Crippen LogP contribution in [0.25, 0.3) is 22.0 Å². The largest absolute Gasteiger partial charge is 0.361 e. The fraction of sp³-hybridized carbons (Fsp3) is 0.167. The molecule has 0 aliphatic rings. The summed E-state index contributed by atoms with van der Waals surface area (Å²) in [4.78, 5) is 14.4. The van der Waals surface area contributed by atoms with E-state index >= 15 is 0 Å². The summed E-state index contributed by atoms with van der Waals surface area (Å²) in [5.41, 5.74) is 4.77. The predicted molar refractivity (Wildman–Crippen MR) is 82.7 cm³/mol. The highest BCUT2D eigenvalue weighted by atomic mass is 16.1. The smallest absolute Gasteiger partial charge is 0.130 e. The summed E-state index contributed by atoms with van der Waals surface area (Å²) in [5.74, 6) is 0.235. The molecule has 2 heteroatoms. The third-order valence-electron chi connectivity index (χ3n) is 3.62. The number of nitrogens with one attached hydrogen (secondary N) is 1. The van der Waals surface area contributed by atoms with E-state index in [2.05, 4.69) is 35.3 Å². The van der Waals surface area contributed by atoms with E-state index in [0.29, 0.717) is 6.42 Å². The Labute approximate surface area is 118 Å². The summed E-state index contributed by atoms with van der Waals surface area (Å²) in [6.07, 6.45) is 3.42. The Morgan fingerprint density at radius 3 is 2.60 bits per heavy atom. The van der Waals surface area contributed by atoms with E-state index in [4.69, 9.17) is 0 Å². The van der Waals surface area contributed by atoms with Crippen molar-refractivity contribution in [1.82, 2.24) is 4.98 Å². The number of carbonyl (C=O) groups excluding carboxylic acids is 1. The standard InChI is InChI=1S/C18H17NO/c1-13(20)7-8-16-12-19-18-10-9-15(11-17(16)18)14-5-3-2-4-6-14/h2-6,9-12,19H,7-8H2,1H3. The third-order valence-corrected chi connectivity index (χ3v) is 3.62. The van der Waals surface area contributed by atoms with Crippen molar-refractivity contribution in [3.63, 3.8) is 0 Å². The van der Waals surface area contributed by atoms with Gasteiger partial charge in [0.15, 0.2) is 0 Å². The number of carbonyl (C=O) groups is 1. The SMILES string of the molecule is CC(=O)CCc1c[nH]c2ccc(-c3ccccc3)cc12. The van der Waals surface area contributed by atoms with Crippen molar-refractivity contribution in [3.8, 4) is 11.1 Å². The normalized spacial score (nSPS) is 10.8. The predicted octanol–water partition coefficient (Wildman–Crippen LogP) is 4.36. The van der Waals surface area contributed by atoms with Gasteiger partial charge in [-0.1, -0.05) is 36.4 Å². The van der Waals surface area contributed by atoms with Crippen LogP contribution in [0.3, 0.4) is 0 Å². The molecule has 3 aromatic rings. The number of ketones is 1. The molecule has 1 N–H and O–H groups in total. The molecule has 3 rings (SSSR count). The van der Waals surface area contributed by atoms with Crippen LogP contribution in [-0.2, 0) is 11.2 Å². The van der Waals surface area contributed by atoms with E-state index < -0.39 is 0 Å². The Morgan fingerprint density at radius 2 is 1.85 bits per heavy atom. The molecule has 100 valence electrons. The molecule has 0 atom stereocenters. The van der Waals surface area contributed by atoms with E-state index in [-0.39, 0.29) is 5.78 Å². The lowest BCUT2D eigenvalue weighted by Gasteiger charge is -2.03. The number of aromatic nitrogens is 1. The van der Waals surface area contributed by atoms with Gasteiger partial charge in [0.05, 0.1) is 0 Å². The van der Waals surface area contributed by atoms with Crippen molar-refractivity contribution in [2.45, 2.75) is 19.8 Å². The molecule has 2 nitrogen and oxygen atoms in total. The summed E-state index contributed by atoms with van der Waals surface area (Å²) in [6, 6.07) is 16.8. The minimum atomic E-state index is 0.235. The van der Waals surface area contributed by atoms with Crippen LogP contribution in [0.15, 0.2) is 54.7 Å². The minimum Gasteiger partial charge on any atom is -0.361 e. The molecule has 2 aromatic carbocycles. The fourth-order valence-corrected chi connectivity index (χ4v) is 2.51. The molecule has 0 spiro atoms. The molecule has 0 amide bonds. The second-order valence-corrected chi connectivity index (χ2v) is 5.14. The van der Waals surface area contributed by atoms with Gasteiger partial charge in [-0.3, -0.25) is 0 Å². The number of aryl methyl sites for hydroxylation is 1. The van der Waals surface area contributed by atoms with Gasteiger partial charge in [-0.25, -0.2) is 0 Å². The van der Waals surface area contributed by atoms with Crippen molar-refractivity contribution in [3.05, 3.63) is 60.3 Å². The highest BCUT2D eigenvalue weighted by Gasteiger charge is 2.06. The van der Waals surface area contributed by atoms with Gasteiger partial charge >= 0.3 is 0 Å². The number of fused-ring (bicyclic) bond motifs is 1. The van der Waals surface area contributed by atoms with E-state index in [1.165, 1.54) is 22.1 Å². The Bertz CT molecular complexity index is 740. The Balaban J connectivity index is 2.01. The Kier molecular flexibility index (Phi) is 3.38. The quantitative estimate of drug-likeness (QED) is 0.745. The van der Waals surface area contributed by atoms with Crippen molar-refractivity contribution >= 4 is 16.7 Å². The maximum Gasteiger partial charge on any atom is 0.130 e. The first-order chi connectivity index (χ1) is 9.74. The van der Waals surface area contributed by atoms with Crippen LogP contribution in [0.2, 0.25) is 0 Å². The molecule has 20 heavy (non-hydrogen) atoms.